The third-order valence-corrected chi connectivity index (χ3v) is 6.24. The minimum Gasteiger partial charge on any atom is -0.401 e. The van der Waals surface area contributed by atoms with E-state index in [1.165, 1.54) is 11.2 Å². The third kappa shape index (κ3) is 6.63. The fraction of sp³-hybridized carbons (Fsp3) is 0.370. The fourth-order valence-corrected chi connectivity index (χ4v) is 4.22. The van der Waals surface area contributed by atoms with Gasteiger partial charge in [-0.1, -0.05) is 25.8 Å². The minimum absolute atomic E-state index is 0.309. The van der Waals surface area contributed by atoms with Gasteiger partial charge in [-0.25, -0.2) is 15.8 Å². The van der Waals surface area contributed by atoms with Crippen LogP contribution in [0.4, 0.5) is 11.4 Å². The Hall–Kier alpha value is -4.41. The fourth-order valence-electron chi connectivity index (χ4n) is 4.22. The van der Waals surface area contributed by atoms with Crippen LogP contribution >= 0.6 is 0 Å². The molecule has 0 unspecified atom stereocenters. The van der Waals surface area contributed by atoms with Crippen molar-refractivity contribution < 1.29 is 0 Å². The SMILES string of the molecule is C=CC.CC1CCC(/C(N)=C/N(N)c2cnc(-n3ncc4cc(C#N)cnc43)cc2N[C@H](C)C#N)CC1. The largest absolute Gasteiger partial charge is 0.401 e. The second kappa shape index (κ2) is 12.5. The van der Waals surface area contributed by atoms with E-state index in [2.05, 4.69) is 46.0 Å². The molecule has 1 fully saturated rings. The Balaban J connectivity index is 0.00000121. The number of aromatic nitrogens is 4. The predicted molar refractivity (Wildman–Crippen MR) is 146 cm³/mol. The molecule has 0 amide bonds. The van der Waals surface area contributed by atoms with E-state index in [4.69, 9.17) is 16.8 Å². The lowest BCUT2D eigenvalue weighted by Gasteiger charge is -2.28. The van der Waals surface area contributed by atoms with E-state index < -0.39 is 6.04 Å². The molecule has 5 N–H and O–H groups in total. The molecule has 0 aliphatic heterocycles. The molecule has 0 spiro atoms. The van der Waals surface area contributed by atoms with Crippen LogP contribution in [0.2, 0.25) is 0 Å². The Bertz CT molecular complexity index is 1340. The average molecular weight is 499 g/mol. The quantitative estimate of drug-likeness (QED) is 0.252. The van der Waals surface area contributed by atoms with Crippen LogP contribution in [0.5, 0.6) is 0 Å². The standard InChI is InChI=1S/C24H28N10.C3H6/c1-15-3-5-18(6-4-15)20(27)14-33(28)22-13-29-23(8-21(22)32-16(2)9-25)34-24-19(12-31-34)7-17(10-26)11-30-24;1-3-2/h7-8,11-16,18H,3-6,27-28H2,1-2H3,(H,29,32);3H,1H2,2H3/b20-14-;/t15?,16-,18?;/m1./s1. The minimum atomic E-state index is -0.464. The summed E-state index contributed by atoms with van der Waals surface area (Å²) in [6.45, 7) is 9.28. The van der Waals surface area contributed by atoms with Crippen LogP contribution < -0.4 is 21.9 Å². The number of hydrogen-bond acceptors (Lipinski definition) is 9. The maximum absolute atomic E-state index is 9.35. The Labute approximate surface area is 217 Å². The van der Waals surface area contributed by atoms with E-state index in [1.54, 1.807) is 48.4 Å². The maximum Gasteiger partial charge on any atom is 0.164 e. The molecule has 0 bridgehead atoms. The number of nitrogens with two attached hydrogens (primary N) is 2. The molecular formula is C27H34N10. The molecule has 3 aromatic rings. The number of hydrogen-bond donors (Lipinski definition) is 3. The zero-order valence-electron chi connectivity index (χ0n) is 21.6. The summed E-state index contributed by atoms with van der Waals surface area (Å²) in [5.74, 6) is 7.93. The molecule has 10 nitrogen and oxygen atoms in total. The van der Waals surface area contributed by atoms with Gasteiger partial charge in [0.2, 0.25) is 0 Å². The average Bonchev–Trinajstić information content (AvgIpc) is 3.32. The van der Waals surface area contributed by atoms with Gasteiger partial charge >= 0.3 is 0 Å². The van der Waals surface area contributed by atoms with Crippen LogP contribution in [0, 0.1) is 34.5 Å². The van der Waals surface area contributed by atoms with Crippen molar-refractivity contribution in [2.75, 3.05) is 10.3 Å². The zero-order valence-corrected chi connectivity index (χ0v) is 21.6. The van der Waals surface area contributed by atoms with Gasteiger partial charge in [0.05, 0.1) is 35.4 Å². The molecule has 37 heavy (non-hydrogen) atoms. The van der Waals surface area contributed by atoms with Gasteiger partial charge in [-0.15, -0.1) is 6.58 Å². The molecule has 1 saturated carbocycles. The van der Waals surface area contributed by atoms with Crippen LogP contribution in [0.3, 0.4) is 0 Å². The summed E-state index contributed by atoms with van der Waals surface area (Å²) in [4.78, 5) is 8.89. The van der Waals surface area contributed by atoms with Gasteiger partial charge < -0.3 is 11.1 Å². The van der Waals surface area contributed by atoms with Crippen molar-refractivity contribution in [3.63, 3.8) is 0 Å². The molecule has 0 radical (unpaired) electrons. The van der Waals surface area contributed by atoms with Gasteiger partial charge in [-0.05, 0) is 44.6 Å². The molecule has 3 aromatic heterocycles. The number of nitrogens with one attached hydrogen (secondary N) is 1. The lowest BCUT2D eigenvalue weighted by Crippen LogP contribution is -2.30. The topological polar surface area (TPSA) is 158 Å². The summed E-state index contributed by atoms with van der Waals surface area (Å²) < 4.78 is 1.58. The van der Waals surface area contributed by atoms with Gasteiger partial charge in [-0.3, -0.25) is 5.01 Å². The highest BCUT2D eigenvalue weighted by atomic mass is 15.4. The Morgan fingerprint density at radius 1 is 1.22 bits per heavy atom. The molecule has 1 aliphatic rings. The maximum atomic E-state index is 9.35. The summed E-state index contributed by atoms with van der Waals surface area (Å²) in [6.07, 6.45) is 12.7. The van der Waals surface area contributed by atoms with E-state index in [0.29, 0.717) is 34.3 Å². The monoisotopic (exact) mass is 498 g/mol. The highest BCUT2D eigenvalue weighted by Crippen LogP contribution is 2.32. The summed E-state index contributed by atoms with van der Waals surface area (Å²) in [6, 6.07) is 7.27. The van der Waals surface area contributed by atoms with Crippen LogP contribution in [-0.2, 0) is 0 Å². The highest BCUT2D eigenvalue weighted by molar-refractivity contribution is 5.78. The van der Waals surface area contributed by atoms with E-state index >= 15 is 0 Å². The first-order chi connectivity index (χ1) is 17.8. The molecule has 192 valence electrons. The second-order valence-corrected chi connectivity index (χ2v) is 9.26. The first-order valence-corrected chi connectivity index (χ1v) is 12.3. The predicted octanol–water partition coefficient (Wildman–Crippen LogP) is 4.51. The number of nitriles is 2. The second-order valence-electron chi connectivity index (χ2n) is 9.26. The van der Waals surface area contributed by atoms with Crippen molar-refractivity contribution in [2.24, 2.45) is 23.4 Å². The number of allylic oxidation sites excluding steroid dienone is 2. The van der Waals surface area contributed by atoms with Crippen molar-refractivity contribution in [1.29, 1.82) is 10.5 Å². The van der Waals surface area contributed by atoms with Crippen LogP contribution in [0.1, 0.15) is 52.0 Å². The van der Waals surface area contributed by atoms with Gasteiger partial charge in [0.1, 0.15) is 12.1 Å². The molecule has 0 saturated heterocycles. The molecule has 3 heterocycles. The van der Waals surface area contributed by atoms with Crippen LogP contribution in [-0.4, -0.2) is 25.8 Å². The number of anilines is 2. The number of fused-ring (bicyclic) bond motifs is 1. The van der Waals surface area contributed by atoms with Gasteiger partial charge in [0.15, 0.2) is 11.5 Å². The summed E-state index contributed by atoms with van der Waals surface area (Å²) in [7, 11) is 0. The van der Waals surface area contributed by atoms with Crippen molar-refractivity contribution in [2.45, 2.75) is 52.5 Å². The summed E-state index contributed by atoms with van der Waals surface area (Å²) in [5.41, 5.74) is 9.36. The third-order valence-electron chi connectivity index (χ3n) is 6.24. The smallest absolute Gasteiger partial charge is 0.164 e. The van der Waals surface area contributed by atoms with Crippen molar-refractivity contribution >= 4 is 22.4 Å². The Morgan fingerprint density at radius 3 is 2.57 bits per heavy atom. The Kier molecular flexibility index (Phi) is 9.20. The van der Waals surface area contributed by atoms with Crippen LogP contribution in [0.25, 0.3) is 16.9 Å². The van der Waals surface area contributed by atoms with E-state index in [1.807, 2.05) is 6.92 Å². The number of pyridine rings is 2. The summed E-state index contributed by atoms with van der Waals surface area (Å²) in [5, 5.41) is 28.2. The number of nitrogens with zero attached hydrogens (tertiary/aromatic N) is 7. The zero-order chi connectivity index (χ0) is 26.9. The van der Waals surface area contributed by atoms with Gasteiger partial charge in [0, 0.05) is 29.5 Å². The summed E-state index contributed by atoms with van der Waals surface area (Å²) >= 11 is 0. The molecular weight excluding hydrogens is 464 g/mol. The lowest BCUT2D eigenvalue weighted by molar-refractivity contribution is 0.318. The van der Waals surface area contributed by atoms with Crippen molar-refractivity contribution in [1.82, 2.24) is 19.7 Å². The Morgan fingerprint density at radius 2 is 1.92 bits per heavy atom. The van der Waals surface area contributed by atoms with Crippen molar-refractivity contribution in [3.05, 3.63) is 60.8 Å². The molecule has 1 aliphatic carbocycles. The van der Waals surface area contributed by atoms with E-state index in [-0.39, 0.29) is 0 Å². The molecule has 1 atom stereocenters. The van der Waals surface area contributed by atoms with Crippen LogP contribution in [0.15, 0.2) is 55.3 Å². The first-order valence-electron chi connectivity index (χ1n) is 12.3. The molecule has 4 rings (SSSR count). The lowest BCUT2D eigenvalue weighted by atomic mass is 9.81. The van der Waals surface area contributed by atoms with E-state index in [9.17, 15) is 5.26 Å². The van der Waals surface area contributed by atoms with Gasteiger partial charge in [0.25, 0.3) is 0 Å². The van der Waals surface area contributed by atoms with E-state index in [0.717, 1.165) is 42.7 Å². The number of hydrazine groups is 1. The number of rotatable bonds is 6. The molecule has 10 heteroatoms. The first kappa shape index (κ1) is 27.2. The highest BCUT2D eigenvalue weighted by Gasteiger charge is 2.21. The van der Waals surface area contributed by atoms with Gasteiger partial charge in [-0.2, -0.15) is 20.3 Å². The molecule has 0 aromatic carbocycles. The van der Waals surface area contributed by atoms with Crippen molar-refractivity contribution in [3.8, 4) is 18.0 Å². The normalized spacial score (nSPS) is 18.1.